The van der Waals surface area contributed by atoms with E-state index >= 15 is 0 Å². The normalized spacial score (nSPS) is 10.6. The van der Waals surface area contributed by atoms with Crippen molar-refractivity contribution in [3.8, 4) is 63.2 Å². The molecule has 0 spiro atoms. The number of carbonyl (C=O) groups is 3. The number of para-hydroxylation sites is 2. The van der Waals surface area contributed by atoms with E-state index in [0.29, 0.717) is 47.7 Å². The van der Waals surface area contributed by atoms with Gasteiger partial charge in [0.2, 0.25) is 0 Å². The van der Waals surface area contributed by atoms with Gasteiger partial charge in [0.25, 0.3) is 6.47 Å². The van der Waals surface area contributed by atoms with Crippen LogP contribution in [-0.2, 0) is 41.1 Å². The van der Waals surface area contributed by atoms with Gasteiger partial charge in [0, 0.05) is 24.3 Å². The fourth-order valence-corrected chi connectivity index (χ4v) is 7.71. The van der Waals surface area contributed by atoms with Gasteiger partial charge in [-0.1, -0.05) is 56.0 Å². The Kier molecular flexibility index (Phi) is 35.1. The second kappa shape index (κ2) is 39.4. The number of halogens is 7. The molecule has 0 aliphatic heterocycles. The van der Waals surface area contributed by atoms with Crippen LogP contribution in [0, 0.1) is 47.4 Å². The number of aromatic hydroxyl groups is 1. The van der Waals surface area contributed by atoms with E-state index in [1.807, 2.05) is 38.1 Å². The van der Waals surface area contributed by atoms with Crippen molar-refractivity contribution in [1.29, 1.82) is 0 Å². The molecule has 0 aromatic heterocycles. The Morgan fingerprint density at radius 1 is 0.478 bits per heavy atom. The van der Waals surface area contributed by atoms with Crippen molar-refractivity contribution in [3.63, 3.8) is 0 Å². The van der Waals surface area contributed by atoms with E-state index < -0.39 is 29.4 Å². The third-order valence-corrected chi connectivity index (χ3v) is 11.8. The van der Waals surface area contributed by atoms with Gasteiger partial charge >= 0.3 is 162 Å². The van der Waals surface area contributed by atoms with E-state index in [0.717, 1.165) is 68.8 Å². The molecule has 466 valence electrons. The van der Waals surface area contributed by atoms with Gasteiger partial charge in [-0.2, -0.15) is 26.3 Å². The quantitative estimate of drug-likeness (QED) is 0.0229. The van der Waals surface area contributed by atoms with Crippen molar-refractivity contribution in [2.24, 2.45) is 0 Å². The largest absolute Gasteiger partial charge is 1.00 e. The van der Waals surface area contributed by atoms with Crippen LogP contribution >= 0.6 is 0 Å². The molecule has 0 amide bonds. The van der Waals surface area contributed by atoms with Crippen molar-refractivity contribution < 1.29 is 233 Å². The standard InChI is InChI=1S/C33H29F3O5.C21H17F3O3.C12H13FO2.CH2O3.CH4.2Cs.H/c1-5-38-32(37)15-11-24-10-13-26(18-23(24)4)39-27-16-21(2)17-28(20-27)40-30-14-12-25(33(34,35)36)19-31(30)41-29-9-7-6-8-22(29)3;1-13-9-16(25)12-17(10-13)26-19-8-7-15(21(22,23)24)11-20(19)27-18-6-4-3-5-14(18)2;1-3-15-12(14)7-5-10-4-6-11(13)8-9(10)2;2-1-4-3;;;;/h6-20H,5H2,1-4H3;3-12,25H,1-2H3;4-8H,3H2,1-2H3;1,3H;1H4;;;/q;;;;;2*+1;-1/p-1/b15-11+;;7-5+;;;;;. The van der Waals surface area contributed by atoms with E-state index in [9.17, 15) is 45.4 Å². The maximum absolute atomic E-state index is 13.5. The van der Waals surface area contributed by atoms with Crippen molar-refractivity contribution in [2.75, 3.05) is 13.2 Å². The smallest absolute Gasteiger partial charge is 1.00 e. The molecule has 0 radical (unpaired) electrons. The van der Waals surface area contributed by atoms with Gasteiger partial charge in [0.05, 0.1) is 24.3 Å². The molecular formula is C68H65Cs2F7O13. The summed E-state index contributed by atoms with van der Waals surface area (Å²) in [6.45, 7) is 14.9. The number of esters is 2. The van der Waals surface area contributed by atoms with Crippen LogP contribution in [0.2, 0.25) is 0 Å². The van der Waals surface area contributed by atoms with Gasteiger partial charge < -0.3 is 49.8 Å². The summed E-state index contributed by atoms with van der Waals surface area (Å²) in [5.41, 5.74) is 4.73. The first-order valence-corrected chi connectivity index (χ1v) is 26.4. The molecule has 0 saturated carbocycles. The number of phenols is 1. The Morgan fingerprint density at radius 3 is 1.29 bits per heavy atom. The summed E-state index contributed by atoms with van der Waals surface area (Å²) in [5, 5.41) is 18.1. The molecule has 0 heterocycles. The molecule has 1 N–H and O–H groups in total. The maximum Gasteiger partial charge on any atom is 1.00 e. The van der Waals surface area contributed by atoms with E-state index in [1.54, 1.807) is 133 Å². The molecule has 0 unspecified atom stereocenters. The first-order valence-electron chi connectivity index (χ1n) is 26.4. The Balaban J connectivity index is 0.000000712. The number of alkyl halides is 6. The van der Waals surface area contributed by atoms with Crippen LogP contribution in [0.25, 0.3) is 12.2 Å². The van der Waals surface area contributed by atoms with E-state index in [2.05, 4.69) is 4.89 Å². The summed E-state index contributed by atoms with van der Waals surface area (Å²) in [4.78, 5) is 33.9. The molecule has 0 fully saturated rings. The second-order valence-corrected chi connectivity index (χ2v) is 18.7. The SMILES string of the molecule is C.CCOC(=O)/C=C/c1ccc(F)cc1C.CCOC(=O)/C=C/c1ccc(Oc2cc(C)cc(Oc3ccc(C(F)(F)F)cc3Oc3ccccc3C)c2)cc1C.Cc1cc(O)cc(Oc2ccc(C(F)(F)F)cc2Oc2ccccc2C)c1.O=CO[O-].[Cs+].[Cs+].[H-]. The minimum absolute atomic E-state index is 0. The molecule has 90 heavy (non-hydrogen) atoms. The molecule has 8 aromatic rings. The van der Waals surface area contributed by atoms with Crippen LogP contribution in [0.5, 0.6) is 63.2 Å². The van der Waals surface area contributed by atoms with Gasteiger partial charge in [-0.05, 0) is 209 Å². The Morgan fingerprint density at radius 2 is 0.889 bits per heavy atom. The molecule has 8 rings (SSSR count). The van der Waals surface area contributed by atoms with Crippen LogP contribution in [0.3, 0.4) is 0 Å². The zero-order valence-corrected chi connectivity index (χ0v) is 62.9. The number of hydrogen-bond acceptors (Lipinski definition) is 13. The molecule has 13 nitrogen and oxygen atoms in total. The predicted molar refractivity (Wildman–Crippen MR) is 318 cm³/mol. The minimum atomic E-state index is -4.55. The van der Waals surface area contributed by atoms with Crippen molar-refractivity contribution in [2.45, 2.75) is 75.2 Å². The molecule has 0 bridgehead atoms. The number of benzene rings is 8. The summed E-state index contributed by atoms with van der Waals surface area (Å²) in [6, 6.07) is 39.8. The third kappa shape index (κ3) is 27.1. The van der Waals surface area contributed by atoms with Crippen LogP contribution in [0.15, 0.2) is 170 Å². The van der Waals surface area contributed by atoms with Crippen molar-refractivity contribution in [3.05, 3.63) is 231 Å². The zero-order valence-electron chi connectivity index (χ0n) is 51.3. The number of phenolic OH excluding ortho intramolecular Hbond substituents is 1. The number of carbonyl (C=O) groups excluding carboxylic acids is 3. The fraction of sp³-hybridized carbons (Fsp3) is 0.191. The summed E-state index contributed by atoms with van der Waals surface area (Å²) < 4.78 is 132. The number of rotatable bonds is 17. The maximum atomic E-state index is 13.5. The summed E-state index contributed by atoms with van der Waals surface area (Å²) in [6.07, 6.45) is -3.05. The Bertz CT molecular complexity index is 3690. The summed E-state index contributed by atoms with van der Waals surface area (Å²) in [7, 11) is 0. The number of hydrogen-bond donors (Lipinski definition) is 1. The van der Waals surface area contributed by atoms with Crippen LogP contribution < -0.4 is 167 Å². The topological polar surface area (TPSA) is 168 Å². The minimum Gasteiger partial charge on any atom is -1.00 e. The van der Waals surface area contributed by atoms with Crippen LogP contribution in [-0.4, -0.2) is 36.7 Å². The van der Waals surface area contributed by atoms with Crippen molar-refractivity contribution in [1.82, 2.24) is 0 Å². The first kappa shape index (κ1) is 80.1. The predicted octanol–water partition coefficient (Wildman–Crippen LogP) is 12.1. The van der Waals surface area contributed by atoms with Crippen molar-refractivity contribution >= 4 is 30.6 Å². The Labute approximate surface area is 637 Å². The third-order valence-electron chi connectivity index (χ3n) is 11.8. The molecule has 8 aromatic carbocycles. The first-order chi connectivity index (χ1) is 41.3. The number of aryl methyl sites for hydroxylation is 6. The fourth-order valence-electron chi connectivity index (χ4n) is 7.71. The summed E-state index contributed by atoms with van der Waals surface area (Å²) in [5.74, 6) is 1.54. The molecular weight excluding hydrogens is 1420 g/mol. The monoisotopic (exact) mass is 1490 g/mol. The van der Waals surface area contributed by atoms with Crippen LogP contribution in [0.4, 0.5) is 30.7 Å². The van der Waals surface area contributed by atoms with Gasteiger partial charge in [-0.25, -0.2) is 14.0 Å². The Hall–Kier alpha value is -5.98. The zero-order chi connectivity index (χ0) is 63.8. The van der Waals surface area contributed by atoms with Gasteiger partial charge in [-0.15, -0.1) is 0 Å². The molecule has 0 atom stereocenters. The van der Waals surface area contributed by atoms with E-state index in [1.165, 1.54) is 42.5 Å². The van der Waals surface area contributed by atoms with E-state index in [4.69, 9.17) is 43.2 Å². The van der Waals surface area contributed by atoms with Gasteiger partial charge in [0.15, 0.2) is 23.0 Å². The van der Waals surface area contributed by atoms with E-state index in [-0.39, 0.29) is 194 Å². The van der Waals surface area contributed by atoms with Gasteiger partial charge in [0.1, 0.15) is 46.1 Å². The number of ether oxygens (including phenoxy) is 7. The molecule has 0 aliphatic rings. The molecule has 0 aliphatic carbocycles. The van der Waals surface area contributed by atoms with Crippen LogP contribution in [0.1, 0.15) is 78.3 Å². The average molecular weight is 1490 g/mol. The average Bonchev–Trinajstić information content (AvgIpc) is 2.93. The molecule has 0 saturated heterocycles. The summed E-state index contributed by atoms with van der Waals surface area (Å²) >= 11 is 0. The van der Waals surface area contributed by atoms with Gasteiger partial charge in [-0.3, -0.25) is 4.79 Å². The molecule has 22 heteroatoms. The second-order valence-electron chi connectivity index (χ2n) is 18.7.